The van der Waals surface area contributed by atoms with E-state index in [0.29, 0.717) is 0 Å². The van der Waals surface area contributed by atoms with E-state index in [4.69, 9.17) is 9.73 Å². The number of halogens is 1. The van der Waals surface area contributed by atoms with E-state index in [-0.39, 0.29) is 6.23 Å². The molecule has 126 valence electrons. The molecule has 0 bridgehead atoms. The highest BCUT2D eigenvalue weighted by Crippen LogP contribution is 2.43. The van der Waals surface area contributed by atoms with Crippen molar-refractivity contribution in [3.05, 3.63) is 100 Å². The van der Waals surface area contributed by atoms with Gasteiger partial charge in [0.15, 0.2) is 6.23 Å². The number of para-hydroxylation sites is 1. The van der Waals surface area contributed by atoms with Gasteiger partial charge >= 0.3 is 0 Å². The average molecular weight is 403 g/mol. The molecule has 0 aliphatic carbocycles. The molecule has 3 aromatic carbocycles. The Morgan fingerprint density at radius 1 is 0.808 bits per heavy atom. The number of fused-ring (bicyclic) bond motifs is 3. The van der Waals surface area contributed by atoms with Crippen LogP contribution in [0.15, 0.2) is 88.3 Å². The van der Waals surface area contributed by atoms with E-state index in [0.717, 1.165) is 44.0 Å². The molecule has 0 amide bonds. The summed E-state index contributed by atoms with van der Waals surface area (Å²) in [6.45, 7) is 0. The van der Waals surface area contributed by atoms with Gasteiger partial charge in [-0.05, 0) is 18.2 Å². The van der Waals surface area contributed by atoms with E-state index in [9.17, 15) is 0 Å². The molecule has 2 aliphatic heterocycles. The minimum Gasteiger partial charge on any atom is -0.466 e. The van der Waals surface area contributed by atoms with Gasteiger partial charge in [0.2, 0.25) is 0 Å². The summed E-state index contributed by atoms with van der Waals surface area (Å²) < 4.78 is 7.22. The van der Waals surface area contributed by atoms with Gasteiger partial charge in [-0.25, -0.2) is 4.99 Å². The van der Waals surface area contributed by atoms with Gasteiger partial charge in [0.1, 0.15) is 11.6 Å². The van der Waals surface area contributed by atoms with E-state index in [1.54, 1.807) is 0 Å². The van der Waals surface area contributed by atoms with Crippen LogP contribution in [0.5, 0.6) is 5.75 Å². The van der Waals surface area contributed by atoms with Gasteiger partial charge in [-0.1, -0.05) is 76.6 Å². The monoisotopic (exact) mass is 402 g/mol. The standard InChI is InChI=1S/C22H15BrN2O/c23-16-12-10-15(11-13-16)21-24-20(14-6-2-1-3-7-14)19-17-8-4-5-9-18(17)26-22(19)25-21/h1-13,22H,(H,24,25). The lowest BCUT2D eigenvalue weighted by molar-refractivity contribution is 0.261. The Hall–Kier alpha value is -2.85. The third kappa shape index (κ3) is 2.54. The number of hydrogen-bond acceptors (Lipinski definition) is 3. The molecular formula is C22H15BrN2O. The Morgan fingerprint density at radius 3 is 2.35 bits per heavy atom. The van der Waals surface area contributed by atoms with Crippen LogP contribution >= 0.6 is 15.9 Å². The summed E-state index contributed by atoms with van der Waals surface area (Å²) in [5.74, 6) is 1.71. The molecule has 4 heteroatoms. The highest BCUT2D eigenvalue weighted by atomic mass is 79.9. The van der Waals surface area contributed by atoms with Crippen LogP contribution in [0.2, 0.25) is 0 Å². The number of aliphatic imine (C=N–C) groups is 1. The molecule has 1 N–H and O–H groups in total. The van der Waals surface area contributed by atoms with Gasteiger partial charge in [0, 0.05) is 21.2 Å². The quantitative estimate of drug-likeness (QED) is 0.647. The minimum absolute atomic E-state index is 0.237. The molecule has 1 unspecified atom stereocenters. The lowest BCUT2D eigenvalue weighted by Crippen LogP contribution is -2.40. The van der Waals surface area contributed by atoms with E-state index >= 15 is 0 Å². The lowest BCUT2D eigenvalue weighted by Gasteiger charge is -2.24. The Labute approximate surface area is 160 Å². The SMILES string of the molecule is Brc1ccc(C2=NC(c3ccccc3)=C3c4ccccc4OC3N2)cc1. The molecule has 0 fully saturated rings. The van der Waals surface area contributed by atoms with E-state index in [1.165, 1.54) is 0 Å². The van der Waals surface area contributed by atoms with Crippen molar-refractivity contribution >= 4 is 33.0 Å². The summed E-state index contributed by atoms with van der Waals surface area (Å²) in [4.78, 5) is 4.98. The molecule has 1 atom stereocenters. The van der Waals surface area contributed by atoms with Crippen LogP contribution in [0.4, 0.5) is 0 Å². The Bertz CT molecular complexity index is 1040. The van der Waals surface area contributed by atoms with Crippen LogP contribution < -0.4 is 10.1 Å². The fraction of sp³-hybridized carbons (Fsp3) is 0.0455. The van der Waals surface area contributed by atoms with E-state index in [2.05, 4.69) is 39.4 Å². The molecule has 0 spiro atoms. The molecule has 0 saturated heterocycles. The second-order valence-corrected chi connectivity index (χ2v) is 7.15. The third-order valence-corrected chi connectivity index (χ3v) is 5.12. The molecule has 5 rings (SSSR count). The maximum Gasteiger partial charge on any atom is 0.200 e. The summed E-state index contributed by atoms with van der Waals surface area (Å²) in [7, 11) is 0. The zero-order chi connectivity index (χ0) is 17.5. The second kappa shape index (κ2) is 6.15. The highest BCUT2D eigenvalue weighted by Gasteiger charge is 2.35. The van der Waals surface area contributed by atoms with Gasteiger partial charge in [0.25, 0.3) is 0 Å². The number of nitrogens with one attached hydrogen (secondary N) is 1. The molecule has 2 aliphatic rings. The second-order valence-electron chi connectivity index (χ2n) is 6.23. The maximum absolute atomic E-state index is 6.18. The minimum atomic E-state index is -0.237. The van der Waals surface area contributed by atoms with Crippen LogP contribution in [0, 0.1) is 0 Å². The Morgan fingerprint density at radius 2 is 1.54 bits per heavy atom. The summed E-state index contributed by atoms with van der Waals surface area (Å²) in [5.41, 5.74) is 5.26. The van der Waals surface area contributed by atoms with Gasteiger partial charge < -0.3 is 10.1 Å². The lowest BCUT2D eigenvalue weighted by atomic mass is 9.97. The first-order valence-electron chi connectivity index (χ1n) is 8.46. The molecular weight excluding hydrogens is 388 g/mol. The summed E-state index contributed by atoms with van der Waals surface area (Å²) in [5, 5.41) is 3.45. The van der Waals surface area contributed by atoms with Gasteiger partial charge in [-0.3, -0.25) is 0 Å². The molecule has 3 nitrogen and oxygen atoms in total. The van der Waals surface area contributed by atoms with Gasteiger partial charge in [-0.15, -0.1) is 0 Å². The number of nitrogens with zero attached hydrogens (tertiary/aromatic N) is 1. The summed E-state index contributed by atoms with van der Waals surface area (Å²) >= 11 is 3.49. The van der Waals surface area contributed by atoms with Gasteiger partial charge in [0.05, 0.1) is 11.3 Å². The highest BCUT2D eigenvalue weighted by molar-refractivity contribution is 9.10. The van der Waals surface area contributed by atoms with Crippen molar-refractivity contribution < 1.29 is 4.74 Å². The van der Waals surface area contributed by atoms with Crippen molar-refractivity contribution in [3.63, 3.8) is 0 Å². The number of amidine groups is 1. The molecule has 0 saturated carbocycles. The smallest absolute Gasteiger partial charge is 0.200 e. The van der Waals surface area contributed by atoms with Crippen molar-refractivity contribution in [1.29, 1.82) is 0 Å². The van der Waals surface area contributed by atoms with E-state index < -0.39 is 0 Å². The van der Waals surface area contributed by atoms with Crippen LogP contribution in [-0.4, -0.2) is 12.1 Å². The third-order valence-electron chi connectivity index (χ3n) is 4.60. The zero-order valence-electron chi connectivity index (χ0n) is 13.8. The Balaban J connectivity index is 1.71. The number of rotatable bonds is 2. The average Bonchev–Trinajstić information content (AvgIpc) is 3.07. The van der Waals surface area contributed by atoms with Crippen LogP contribution in [0.25, 0.3) is 11.3 Å². The number of benzene rings is 3. The molecule has 0 aromatic heterocycles. The van der Waals surface area contributed by atoms with Crippen molar-refractivity contribution in [1.82, 2.24) is 5.32 Å². The topological polar surface area (TPSA) is 33.6 Å². The largest absolute Gasteiger partial charge is 0.466 e. The molecule has 0 radical (unpaired) electrons. The first-order valence-corrected chi connectivity index (χ1v) is 9.26. The fourth-order valence-electron chi connectivity index (χ4n) is 3.37. The van der Waals surface area contributed by atoms with Crippen LogP contribution in [0.1, 0.15) is 16.7 Å². The molecule has 2 heterocycles. The van der Waals surface area contributed by atoms with Crippen molar-refractivity contribution in [3.8, 4) is 5.75 Å². The predicted octanol–water partition coefficient (Wildman–Crippen LogP) is 5.09. The first kappa shape index (κ1) is 15.4. The first-order chi connectivity index (χ1) is 12.8. The number of ether oxygens (including phenoxy) is 1. The van der Waals surface area contributed by atoms with Crippen molar-refractivity contribution in [2.75, 3.05) is 0 Å². The number of hydrogen-bond donors (Lipinski definition) is 1. The molecule has 3 aromatic rings. The fourth-order valence-corrected chi connectivity index (χ4v) is 3.64. The zero-order valence-corrected chi connectivity index (χ0v) is 15.4. The maximum atomic E-state index is 6.18. The molecule has 26 heavy (non-hydrogen) atoms. The van der Waals surface area contributed by atoms with Crippen molar-refractivity contribution in [2.45, 2.75) is 6.23 Å². The summed E-state index contributed by atoms with van der Waals surface area (Å²) in [6.07, 6.45) is -0.237. The van der Waals surface area contributed by atoms with E-state index in [1.807, 2.05) is 60.7 Å². The predicted molar refractivity (Wildman–Crippen MR) is 108 cm³/mol. The van der Waals surface area contributed by atoms with Crippen LogP contribution in [0.3, 0.4) is 0 Å². The van der Waals surface area contributed by atoms with Gasteiger partial charge in [-0.2, -0.15) is 0 Å². The normalized spacial score (nSPS) is 17.7. The Kier molecular flexibility index (Phi) is 3.64. The van der Waals surface area contributed by atoms with Crippen molar-refractivity contribution in [2.24, 2.45) is 4.99 Å². The summed E-state index contributed by atoms with van der Waals surface area (Å²) in [6, 6.07) is 26.5. The van der Waals surface area contributed by atoms with Crippen LogP contribution in [-0.2, 0) is 0 Å².